The summed E-state index contributed by atoms with van der Waals surface area (Å²) in [5, 5.41) is 0. The van der Waals surface area contributed by atoms with Gasteiger partial charge in [0.05, 0.1) is 27.1 Å². The summed E-state index contributed by atoms with van der Waals surface area (Å²) in [6.45, 7) is 1.74. The van der Waals surface area contributed by atoms with E-state index < -0.39 is 6.04 Å². The Labute approximate surface area is 144 Å². The SMILES string of the molecule is COC1=C[N+](C)(CCCN(C)C)C(CC(=O)c2ccccc2)C1=O. The average molecular weight is 331 g/mol. The minimum atomic E-state index is -0.408. The first-order valence-corrected chi connectivity index (χ1v) is 8.26. The first kappa shape index (κ1) is 18.4. The second-order valence-corrected chi connectivity index (χ2v) is 6.80. The van der Waals surface area contributed by atoms with Crippen molar-refractivity contribution in [3.63, 3.8) is 0 Å². The van der Waals surface area contributed by atoms with E-state index in [2.05, 4.69) is 4.90 Å². The van der Waals surface area contributed by atoms with Crippen molar-refractivity contribution in [1.29, 1.82) is 0 Å². The Morgan fingerprint density at radius 1 is 1.25 bits per heavy atom. The fourth-order valence-electron chi connectivity index (χ4n) is 3.17. The van der Waals surface area contributed by atoms with Crippen LogP contribution in [0.3, 0.4) is 0 Å². The van der Waals surface area contributed by atoms with Gasteiger partial charge in [-0.2, -0.15) is 0 Å². The maximum Gasteiger partial charge on any atom is 0.260 e. The molecule has 0 fully saturated rings. The lowest BCUT2D eigenvalue weighted by molar-refractivity contribution is -0.871. The number of methoxy groups -OCH3 is 1. The van der Waals surface area contributed by atoms with E-state index in [1.807, 2.05) is 45.5 Å². The molecule has 0 amide bonds. The molecule has 0 aliphatic carbocycles. The number of likely N-dealkylation sites (N-methyl/N-ethyl adjacent to an activating group) is 1. The minimum absolute atomic E-state index is 0.00309. The topological polar surface area (TPSA) is 46.6 Å². The van der Waals surface area contributed by atoms with E-state index in [4.69, 9.17) is 4.74 Å². The van der Waals surface area contributed by atoms with Crippen LogP contribution in [-0.2, 0) is 9.53 Å². The summed E-state index contributed by atoms with van der Waals surface area (Å²) in [5.41, 5.74) is 0.649. The zero-order valence-corrected chi connectivity index (χ0v) is 15.0. The van der Waals surface area contributed by atoms with Crippen LogP contribution in [0, 0.1) is 0 Å². The Hall–Kier alpha value is -1.98. The molecule has 0 N–H and O–H groups in total. The van der Waals surface area contributed by atoms with Crippen molar-refractivity contribution >= 4 is 11.6 Å². The number of hydrogen-bond donors (Lipinski definition) is 0. The van der Waals surface area contributed by atoms with Crippen molar-refractivity contribution in [3.05, 3.63) is 47.9 Å². The molecule has 2 unspecified atom stereocenters. The van der Waals surface area contributed by atoms with Gasteiger partial charge in [-0.25, -0.2) is 0 Å². The largest absolute Gasteiger partial charge is 0.489 e. The third-order valence-corrected chi connectivity index (χ3v) is 4.61. The molecule has 0 saturated carbocycles. The predicted octanol–water partition coefficient (Wildman–Crippen LogP) is 2.10. The van der Waals surface area contributed by atoms with Crippen LogP contribution in [0.4, 0.5) is 0 Å². The highest BCUT2D eigenvalue weighted by Gasteiger charge is 2.47. The van der Waals surface area contributed by atoms with E-state index in [0.29, 0.717) is 15.8 Å². The van der Waals surface area contributed by atoms with Crippen molar-refractivity contribution < 1.29 is 18.8 Å². The molecule has 0 aromatic heterocycles. The van der Waals surface area contributed by atoms with Gasteiger partial charge in [-0.3, -0.25) is 14.1 Å². The zero-order chi connectivity index (χ0) is 17.7. The van der Waals surface area contributed by atoms with Gasteiger partial charge in [-0.1, -0.05) is 30.3 Å². The van der Waals surface area contributed by atoms with E-state index >= 15 is 0 Å². The molecule has 1 aromatic rings. The Kier molecular flexibility index (Phi) is 5.91. The van der Waals surface area contributed by atoms with Gasteiger partial charge in [0.2, 0.25) is 5.76 Å². The fourth-order valence-corrected chi connectivity index (χ4v) is 3.17. The third-order valence-electron chi connectivity index (χ3n) is 4.61. The number of quaternary nitrogens is 1. The molecule has 0 saturated heterocycles. The van der Waals surface area contributed by atoms with E-state index in [9.17, 15) is 9.59 Å². The van der Waals surface area contributed by atoms with Crippen LogP contribution in [0.1, 0.15) is 23.2 Å². The summed E-state index contributed by atoms with van der Waals surface area (Å²) >= 11 is 0. The summed E-state index contributed by atoms with van der Waals surface area (Å²) in [5.74, 6) is 0.291. The number of rotatable bonds is 8. The molecule has 24 heavy (non-hydrogen) atoms. The number of carbonyl (C=O) groups excluding carboxylic acids is 2. The van der Waals surface area contributed by atoms with Gasteiger partial charge in [0.1, 0.15) is 6.20 Å². The molecule has 5 heteroatoms. The molecular formula is C19H27N2O3+. The Bertz CT molecular complexity index is 625. The smallest absolute Gasteiger partial charge is 0.260 e. The van der Waals surface area contributed by atoms with Gasteiger partial charge >= 0.3 is 0 Å². The number of ketones is 2. The summed E-state index contributed by atoms with van der Waals surface area (Å²) < 4.78 is 5.66. The van der Waals surface area contributed by atoms with Crippen LogP contribution in [0.15, 0.2) is 42.3 Å². The van der Waals surface area contributed by atoms with Gasteiger partial charge in [0, 0.05) is 18.5 Å². The number of Topliss-reactive ketones (excluding diaryl/α,β-unsaturated/α-hetero) is 2. The number of hydrogen-bond acceptors (Lipinski definition) is 4. The second kappa shape index (κ2) is 7.73. The summed E-state index contributed by atoms with van der Waals surface area (Å²) in [4.78, 5) is 27.3. The molecule has 5 nitrogen and oxygen atoms in total. The third kappa shape index (κ3) is 4.10. The highest BCUT2D eigenvalue weighted by molar-refractivity contribution is 6.04. The van der Waals surface area contributed by atoms with Crippen molar-refractivity contribution in [1.82, 2.24) is 4.90 Å². The normalized spacial score (nSPS) is 23.5. The Balaban J connectivity index is 2.15. The number of carbonyl (C=O) groups is 2. The van der Waals surface area contributed by atoms with Crippen LogP contribution < -0.4 is 0 Å². The first-order valence-electron chi connectivity index (χ1n) is 8.26. The van der Waals surface area contributed by atoms with Gasteiger partial charge in [0.15, 0.2) is 11.8 Å². The number of ether oxygens (including phenoxy) is 1. The van der Waals surface area contributed by atoms with Crippen LogP contribution in [0.25, 0.3) is 0 Å². The maximum absolute atomic E-state index is 12.6. The molecule has 0 spiro atoms. The fraction of sp³-hybridized carbons (Fsp3) is 0.474. The first-order chi connectivity index (χ1) is 11.4. The van der Waals surface area contributed by atoms with Gasteiger partial charge in [-0.05, 0) is 14.1 Å². The van der Waals surface area contributed by atoms with E-state index in [1.54, 1.807) is 12.1 Å². The van der Waals surface area contributed by atoms with Crippen LogP contribution in [-0.4, -0.2) is 68.3 Å². The lowest BCUT2D eigenvalue weighted by Crippen LogP contribution is -2.50. The van der Waals surface area contributed by atoms with E-state index in [0.717, 1.165) is 19.5 Å². The van der Waals surface area contributed by atoms with Crippen molar-refractivity contribution in [3.8, 4) is 0 Å². The monoisotopic (exact) mass is 331 g/mol. The van der Waals surface area contributed by atoms with Gasteiger partial charge < -0.3 is 9.64 Å². The maximum atomic E-state index is 12.6. The highest BCUT2D eigenvalue weighted by atomic mass is 16.5. The van der Waals surface area contributed by atoms with Crippen LogP contribution in [0.2, 0.25) is 0 Å². The summed E-state index contributed by atoms with van der Waals surface area (Å²) in [6, 6.07) is 8.74. The van der Waals surface area contributed by atoms with E-state index in [1.165, 1.54) is 7.11 Å². The predicted molar refractivity (Wildman–Crippen MR) is 93.5 cm³/mol. The summed E-state index contributed by atoms with van der Waals surface area (Å²) in [6.07, 6.45) is 3.01. The second-order valence-electron chi connectivity index (χ2n) is 6.80. The van der Waals surface area contributed by atoms with Gasteiger partial charge in [0.25, 0.3) is 5.78 Å². The quantitative estimate of drug-likeness (QED) is 0.541. The molecule has 1 aromatic carbocycles. The van der Waals surface area contributed by atoms with Crippen LogP contribution >= 0.6 is 0 Å². The minimum Gasteiger partial charge on any atom is -0.489 e. The highest BCUT2D eigenvalue weighted by Crippen LogP contribution is 2.29. The molecular weight excluding hydrogens is 304 g/mol. The molecule has 0 radical (unpaired) electrons. The Morgan fingerprint density at radius 2 is 1.92 bits per heavy atom. The molecule has 0 bridgehead atoms. The summed E-state index contributed by atoms with van der Waals surface area (Å²) in [7, 11) is 7.57. The van der Waals surface area contributed by atoms with Crippen LogP contribution in [0.5, 0.6) is 0 Å². The molecule has 1 aliphatic rings. The molecule has 1 aliphatic heterocycles. The lowest BCUT2D eigenvalue weighted by Gasteiger charge is -2.32. The van der Waals surface area contributed by atoms with E-state index in [-0.39, 0.29) is 18.0 Å². The van der Waals surface area contributed by atoms with Crippen molar-refractivity contribution in [2.24, 2.45) is 0 Å². The zero-order valence-electron chi connectivity index (χ0n) is 15.0. The van der Waals surface area contributed by atoms with Crippen molar-refractivity contribution in [2.45, 2.75) is 18.9 Å². The lowest BCUT2D eigenvalue weighted by atomic mass is 9.99. The van der Waals surface area contributed by atoms with Gasteiger partial charge in [-0.15, -0.1) is 0 Å². The van der Waals surface area contributed by atoms with Crippen molar-refractivity contribution in [2.75, 3.05) is 41.3 Å². The average Bonchev–Trinajstić information content (AvgIpc) is 2.79. The molecule has 130 valence electrons. The number of benzene rings is 1. The molecule has 1 heterocycles. The number of nitrogens with zero attached hydrogens (tertiary/aromatic N) is 2. The standard InChI is InChI=1S/C19H27N2O3/c1-20(2)11-8-12-21(3)14-18(24-4)19(23)16(21)13-17(22)15-9-6-5-7-10-15/h5-7,9-10,14,16H,8,11-13H2,1-4H3/q+1. The Morgan fingerprint density at radius 3 is 2.50 bits per heavy atom. The molecule has 2 atom stereocenters. The molecule has 2 rings (SSSR count).